The van der Waals surface area contributed by atoms with Crippen LogP contribution < -0.4 is 10.6 Å². The Morgan fingerprint density at radius 3 is 2.06 bits per heavy atom. The van der Waals surface area contributed by atoms with Gasteiger partial charge in [-0.15, -0.1) is 0 Å². The van der Waals surface area contributed by atoms with Crippen LogP contribution in [0.15, 0.2) is 48.5 Å². The molecule has 1 aromatic heterocycles. The maximum Gasteiger partial charge on any atom is 0.338 e. The van der Waals surface area contributed by atoms with Gasteiger partial charge in [0, 0.05) is 16.2 Å². The molecule has 0 aliphatic carbocycles. The van der Waals surface area contributed by atoms with Crippen molar-refractivity contribution in [2.45, 2.75) is 48.1 Å². The van der Waals surface area contributed by atoms with Crippen molar-refractivity contribution in [3.63, 3.8) is 0 Å². The van der Waals surface area contributed by atoms with Crippen molar-refractivity contribution in [2.24, 2.45) is 10.8 Å². The smallest absolute Gasteiger partial charge is 0.338 e. The predicted octanol–water partition coefficient (Wildman–Crippen LogP) is 4.96. The first-order chi connectivity index (χ1) is 15.8. The molecule has 3 rings (SSSR count). The van der Waals surface area contributed by atoms with Gasteiger partial charge in [-0.1, -0.05) is 65.8 Å². The first kappa shape index (κ1) is 24.8. The van der Waals surface area contributed by atoms with Gasteiger partial charge in [-0.05, 0) is 29.8 Å². The topological polar surface area (TPSA) is 110 Å². The summed E-state index contributed by atoms with van der Waals surface area (Å²) in [5, 5.41) is 6.13. The summed E-state index contributed by atoms with van der Waals surface area (Å²) in [5.41, 5.74) is 0.401. The summed E-state index contributed by atoms with van der Waals surface area (Å²) in [6.45, 7) is 10.8. The van der Waals surface area contributed by atoms with E-state index >= 15 is 0 Å². The molecule has 0 fully saturated rings. The Bertz CT molecular complexity index is 1230. The lowest BCUT2D eigenvalue weighted by molar-refractivity contribution is -0.123. The third kappa shape index (κ3) is 6.15. The number of rotatable bonds is 5. The summed E-state index contributed by atoms with van der Waals surface area (Å²) in [6.07, 6.45) is 0. The minimum atomic E-state index is -0.658. The van der Waals surface area contributed by atoms with E-state index in [1.807, 2.05) is 6.07 Å². The largest absolute Gasteiger partial charge is 0.457 e. The summed E-state index contributed by atoms with van der Waals surface area (Å²) in [5.74, 6) is -0.547. The van der Waals surface area contributed by atoms with Crippen molar-refractivity contribution in [2.75, 3.05) is 10.6 Å². The van der Waals surface area contributed by atoms with Gasteiger partial charge in [0.1, 0.15) is 12.4 Å². The van der Waals surface area contributed by atoms with Crippen LogP contribution in [0.1, 0.15) is 57.5 Å². The highest BCUT2D eigenvalue weighted by Gasteiger charge is 2.25. The zero-order valence-electron chi connectivity index (χ0n) is 20.4. The number of carbonyl (C=O) groups excluding carboxylic acids is 3. The number of hydrogen-bond acceptors (Lipinski definition) is 6. The summed E-state index contributed by atoms with van der Waals surface area (Å²) >= 11 is 0. The van der Waals surface area contributed by atoms with E-state index in [2.05, 4.69) is 20.6 Å². The minimum absolute atomic E-state index is 0.0405. The number of benzene rings is 2. The van der Waals surface area contributed by atoms with Gasteiger partial charge in [-0.3, -0.25) is 14.9 Å². The molecule has 1 heterocycles. The first-order valence-corrected chi connectivity index (χ1v) is 11.0. The van der Waals surface area contributed by atoms with E-state index < -0.39 is 16.8 Å². The molecule has 0 radical (unpaired) electrons. The fraction of sp³-hybridized carbons (Fsp3) is 0.346. The molecule has 0 saturated heterocycles. The first-order valence-electron chi connectivity index (χ1n) is 11.0. The van der Waals surface area contributed by atoms with Crippen LogP contribution in [0.25, 0.3) is 10.9 Å². The Labute approximate surface area is 199 Å². The third-order valence-corrected chi connectivity index (χ3v) is 4.96. The average Bonchev–Trinajstić information content (AvgIpc) is 2.76. The van der Waals surface area contributed by atoms with E-state index in [9.17, 15) is 14.4 Å². The highest BCUT2D eigenvalue weighted by molar-refractivity contribution is 6.02. The van der Waals surface area contributed by atoms with Crippen LogP contribution in [0, 0.1) is 10.8 Å². The highest BCUT2D eigenvalue weighted by Crippen LogP contribution is 2.27. The molecule has 2 amide bonds. The SMILES string of the molecule is CC(C)(C)C(=O)Nc1nc(NC(=O)C(C)(C)C)c2cc(COC(=O)c3ccccc3)ccc2n1. The van der Waals surface area contributed by atoms with E-state index in [1.54, 1.807) is 84.0 Å². The molecule has 0 unspecified atom stereocenters. The van der Waals surface area contributed by atoms with Gasteiger partial charge in [0.25, 0.3) is 0 Å². The molecule has 8 nitrogen and oxygen atoms in total. The number of fused-ring (bicyclic) bond motifs is 1. The Morgan fingerprint density at radius 1 is 0.824 bits per heavy atom. The lowest BCUT2D eigenvalue weighted by atomic mass is 9.95. The molecule has 0 atom stereocenters. The highest BCUT2D eigenvalue weighted by atomic mass is 16.5. The van der Waals surface area contributed by atoms with Crippen LogP contribution in [-0.4, -0.2) is 27.8 Å². The predicted molar refractivity (Wildman–Crippen MR) is 131 cm³/mol. The molecule has 34 heavy (non-hydrogen) atoms. The van der Waals surface area contributed by atoms with Gasteiger partial charge >= 0.3 is 5.97 Å². The summed E-state index contributed by atoms with van der Waals surface area (Å²) in [6, 6.07) is 14.0. The number of ether oxygens (including phenoxy) is 1. The monoisotopic (exact) mass is 462 g/mol. The molecule has 2 aromatic carbocycles. The van der Waals surface area contributed by atoms with E-state index in [4.69, 9.17) is 4.74 Å². The van der Waals surface area contributed by atoms with E-state index in [1.165, 1.54) is 0 Å². The lowest BCUT2D eigenvalue weighted by Gasteiger charge is -2.20. The number of hydrogen-bond donors (Lipinski definition) is 2. The summed E-state index contributed by atoms with van der Waals surface area (Å²) in [4.78, 5) is 46.3. The molecule has 0 spiro atoms. The standard InChI is InChI=1S/C26H30N4O4/c1-25(2,3)22(32)28-20-18-14-16(15-34-21(31)17-10-8-7-9-11-17)12-13-19(18)27-24(29-20)30-23(33)26(4,5)6/h7-14H,15H2,1-6H3,(H2,27,28,29,30,32,33). The second-order valence-corrected chi connectivity index (χ2v) is 10.1. The fourth-order valence-electron chi connectivity index (χ4n) is 2.81. The Hall–Kier alpha value is -3.81. The number of nitrogens with zero attached hydrogens (tertiary/aromatic N) is 2. The average molecular weight is 463 g/mol. The van der Waals surface area contributed by atoms with Gasteiger partial charge in [-0.2, -0.15) is 4.98 Å². The molecule has 2 N–H and O–H groups in total. The molecule has 3 aromatic rings. The van der Waals surface area contributed by atoms with Gasteiger partial charge in [0.2, 0.25) is 17.8 Å². The van der Waals surface area contributed by atoms with Gasteiger partial charge in [0.05, 0.1) is 11.1 Å². The summed E-state index contributed by atoms with van der Waals surface area (Å²) in [7, 11) is 0. The molecule has 178 valence electrons. The Balaban J connectivity index is 1.93. The summed E-state index contributed by atoms with van der Waals surface area (Å²) < 4.78 is 5.43. The number of esters is 1. The fourth-order valence-corrected chi connectivity index (χ4v) is 2.81. The van der Waals surface area contributed by atoms with Gasteiger partial charge in [0.15, 0.2) is 0 Å². The number of anilines is 2. The minimum Gasteiger partial charge on any atom is -0.457 e. The third-order valence-electron chi connectivity index (χ3n) is 4.96. The number of nitrogens with one attached hydrogen (secondary N) is 2. The maximum atomic E-state index is 12.7. The molecule has 0 bridgehead atoms. The van der Waals surface area contributed by atoms with E-state index in [0.29, 0.717) is 22.0 Å². The van der Waals surface area contributed by atoms with Crippen LogP contribution in [-0.2, 0) is 20.9 Å². The van der Waals surface area contributed by atoms with Gasteiger partial charge in [-0.25, -0.2) is 9.78 Å². The molecule has 0 saturated carbocycles. The number of carbonyl (C=O) groups is 3. The quantitative estimate of drug-likeness (QED) is 0.519. The van der Waals surface area contributed by atoms with Crippen LogP contribution in [0.5, 0.6) is 0 Å². The Morgan fingerprint density at radius 2 is 1.44 bits per heavy atom. The van der Waals surface area contributed by atoms with Crippen LogP contribution in [0.2, 0.25) is 0 Å². The van der Waals surface area contributed by atoms with Gasteiger partial charge < -0.3 is 10.1 Å². The molecule has 8 heteroatoms. The molecule has 0 aliphatic heterocycles. The maximum absolute atomic E-state index is 12.7. The normalized spacial score (nSPS) is 11.7. The van der Waals surface area contributed by atoms with Crippen molar-refractivity contribution in [3.05, 3.63) is 59.7 Å². The number of amides is 2. The molecular formula is C26H30N4O4. The van der Waals surface area contributed by atoms with Crippen LogP contribution in [0.3, 0.4) is 0 Å². The van der Waals surface area contributed by atoms with E-state index in [-0.39, 0.29) is 30.2 Å². The van der Waals surface area contributed by atoms with Crippen molar-refractivity contribution < 1.29 is 19.1 Å². The zero-order valence-corrected chi connectivity index (χ0v) is 20.4. The van der Waals surface area contributed by atoms with Crippen molar-refractivity contribution in [3.8, 4) is 0 Å². The second kappa shape index (κ2) is 9.59. The van der Waals surface area contributed by atoms with Crippen molar-refractivity contribution >= 4 is 40.5 Å². The number of aromatic nitrogens is 2. The van der Waals surface area contributed by atoms with E-state index in [0.717, 1.165) is 0 Å². The zero-order chi connectivity index (χ0) is 25.1. The van der Waals surface area contributed by atoms with Crippen LogP contribution >= 0.6 is 0 Å². The van der Waals surface area contributed by atoms with Crippen molar-refractivity contribution in [1.29, 1.82) is 0 Å². The second-order valence-electron chi connectivity index (χ2n) is 10.1. The molecular weight excluding hydrogens is 432 g/mol. The molecule has 0 aliphatic rings. The lowest BCUT2D eigenvalue weighted by Crippen LogP contribution is -2.30. The van der Waals surface area contributed by atoms with Crippen LogP contribution in [0.4, 0.5) is 11.8 Å². The Kier molecular flexibility index (Phi) is 7.00. The van der Waals surface area contributed by atoms with Crippen molar-refractivity contribution in [1.82, 2.24) is 9.97 Å².